The van der Waals surface area contributed by atoms with Crippen molar-refractivity contribution in [1.29, 1.82) is 0 Å². The van der Waals surface area contributed by atoms with Crippen molar-refractivity contribution in [2.24, 2.45) is 0 Å². The maximum atomic E-state index is 12.3. The normalized spacial score (nSPS) is 24.0. The summed E-state index contributed by atoms with van der Waals surface area (Å²) in [6.07, 6.45) is 8.64. The van der Waals surface area contributed by atoms with Crippen LogP contribution >= 0.6 is 11.3 Å². The number of carbonyl (C=O) groups is 1. The lowest BCUT2D eigenvalue weighted by Gasteiger charge is -2.27. The summed E-state index contributed by atoms with van der Waals surface area (Å²) in [7, 11) is 0. The Bertz CT molecular complexity index is 463. The molecule has 4 heteroatoms. The first-order chi connectivity index (χ1) is 9.83. The summed E-state index contributed by atoms with van der Waals surface area (Å²) in [4.78, 5) is 18.1. The van der Waals surface area contributed by atoms with E-state index in [1.54, 1.807) is 17.4 Å². The minimum atomic E-state index is 0.181. The Morgan fingerprint density at radius 1 is 1.30 bits per heavy atom. The molecule has 0 bridgehead atoms. The van der Waals surface area contributed by atoms with Crippen LogP contribution in [-0.2, 0) is 4.79 Å². The Morgan fingerprint density at radius 3 is 2.90 bits per heavy atom. The van der Waals surface area contributed by atoms with Crippen molar-refractivity contribution in [3.05, 3.63) is 28.5 Å². The van der Waals surface area contributed by atoms with Crippen molar-refractivity contribution >= 4 is 23.3 Å². The molecule has 20 heavy (non-hydrogen) atoms. The van der Waals surface area contributed by atoms with Gasteiger partial charge in [0.2, 0.25) is 5.91 Å². The smallest absolute Gasteiger partial charge is 0.246 e. The molecule has 0 radical (unpaired) electrons. The van der Waals surface area contributed by atoms with E-state index >= 15 is 0 Å². The molecular weight excluding hydrogens is 268 g/mol. The second kappa shape index (κ2) is 6.55. The molecule has 0 aromatic carbocycles. The molecule has 1 atom stereocenters. The first-order valence-electron chi connectivity index (χ1n) is 7.57. The van der Waals surface area contributed by atoms with Crippen molar-refractivity contribution in [1.82, 2.24) is 9.80 Å². The predicted molar refractivity (Wildman–Crippen MR) is 83.8 cm³/mol. The average Bonchev–Trinajstić information content (AvgIpc) is 3.19. The molecule has 3 nitrogen and oxygen atoms in total. The molecule has 2 saturated heterocycles. The molecule has 108 valence electrons. The van der Waals surface area contributed by atoms with Crippen molar-refractivity contribution in [3.63, 3.8) is 0 Å². The molecule has 2 aliphatic rings. The van der Waals surface area contributed by atoms with Crippen molar-refractivity contribution in [2.45, 2.75) is 31.7 Å². The van der Waals surface area contributed by atoms with E-state index in [1.165, 1.54) is 25.9 Å². The molecule has 0 aliphatic carbocycles. The molecule has 1 amide bonds. The highest BCUT2D eigenvalue weighted by Gasteiger charge is 2.29. The summed E-state index contributed by atoms with van der Waals surface area (Å²) < 4.78 is 0. The van der Waals surface area contributed by atoms with Gasteiger partial charge in [-0.25, -0.2) is 0 Å². The molecule has 1 aromatic rings. The van der Waals surface area contributed by atoms with E-state index in [9.17, 15) is 4.79 Å². The maximum Gasteiger partial charge on any atom is 0.246 e. The number of likely N-dealkylation sites (tertiary alicyclic amines) is 2. The van der Waals surface area contributed by atoms with E-state index in [-0.39, 0.29) is 5.91 Å². The zero-order chi connectivity index (χ0) is 13.8. The van der Waals surface area contributed by atoms with Gasteiger partial charge in [0.1, 0.15) is 0 Å². The number of amides is 1. The summed E-state index contributed by atoms with van der Waals surface area (Å²) in [6, 6.07) is 4.48. The first-order valence-corrected chi connectivity index (χ1v) is 8.45. The van der Waals surface area contributed by atoms with E-state index < -0.39 is 0 Å². The zero-order valence-corrected chi connectivity index (χ0v) is 12.6. The van der Waals surface area contributed by atoms with Crippen LogP contribution < -0.4 is 0 Å². The number of hydrogen-bond acceptors (Lipinski definition) is 3. The van der Waals surface area contributed by atoms with Gasteiger partial charge < -0.3 is 9.80 Å². The fraction of sp³-hybridized carbons (Fsp3) is 0.562. The van der Waals surface area contributed by atoms with Crippen molar-refractivity contribution in [2.75, 3.05) is 26.2 Å². The highest BCUT2D eigenvalue weighted by molar-refractivity contribution is 7.10. The van der Waals surface area contributed by atoms with Gasteiger partial charge in [0, 0.05) is 30.1 Å². The standard InChI is InChI=1S/C16H22N2OS/c19-16(8-7-15-6-4-12-20-15)18-11-3-5-14(18)13-17-9-1-2-10-17/h4,6-8,12,14H,1-3,5,9-11,13H2/t14-/m0/s1. The number of rotatable bonds is 4. The molecule has 2 aliphatic heterocycles. The lowest BCUT2D eigenvalue weighted by atomic mass is 10.2. The van der Waals surface area contributed by atoms with Crippen LogP contribution in [0.4, 0.5) is 0 Å². The fourth-order valence-electron chi connectivity index (χ4n) is 3.21. The Balaban J connectivity index is 1.58. The van der Waals surface area contributed by atoms with Crippen molar-refractivity contribution in [3.8, 4) is 0 Å². The van der Waals surface area contributed by atoms with Crippen LogP contribution in [0.5, 0.6) is 0 Å². The number of nitrogens with zero attached hydrogens (tertiary/aromatic N) is 2. The number of hydrogen-bond donors (Lipinski definition) is 0. The Hall–Kier alpha value is -1.13. The van der Waals surface area contributed by atoms with Gasteiger partial charge in [0.05, 0.1) is 0 Å². The van der Waals surface area contributed by atoms with Gasteiger partial charge in [-0.2, -0.15) is 0 Å². The maximum absolute atomic E-state index is 12.3. The van der Waals surface area contributed by atoms with E-state index in [1.807, 2.05) is 23.6 Å². The molecule has 0 unspecified atom stereocenters. The van der Waals surface area contributed by atoms with E-state index in [4.69, 9.17) is 0 Å². The predicted octanol–water partition coefficient (Wildman–Crippen LogP) is 2.85. The monoisotopic (exact) mass is 290 g/mol. The quantitative estimate of drug-likeness (QED) is 0.796. The second-order valence-electron chi connectivity index (χ2n) is 5.68. The molecule has 0 spiro atoms. The van der Waals surface area contributed by atoms with Crippen LogP contribution in [-0.4, -0.2) is 47.9 Å². The first kappa shape index (κ1) is 13.8. The van der Waals surface area contributed by atoms with Crippen LogP contribution in [0.25, 0.3) is 6.08 Å². The van der Waals surface area contributed by atoms with Gasteiger partial charge >= 0.3 is 0 Å². The largest absolute Gasteiger partial charge is 0.335 e. The second-order valence-corrected chi connectivity index (χ2v) is 6.66. The lowest BCUT2D eigenvalue weighted by Crippen LogP contribution is -2.41. The van der Waals surface area contributed by atoms with Crippen LogP contribution in [0.15, 0.2) is 23.6 Å². The minimum absolute atomic E-state index is 0.181. The summed E-state index contributed by atoms with van der Waals surface area (Å²) in [5.41, 5.74) is 0. The highest BCUT2D eigenvalue weighted by atomic mass is 32.1. The minimum Gasteiger partial charge on any atom is -0.335 e. The highest BCUT2D eigenvalue weighted by Crippen LogP contribution is 2.21. The summed E-state index contributed by atoms with van der Waals surface area (Å²) in [5.74, 6) is 0.181. The molecular formula is C16H22N2OS. The van der Waals surface area contributed by atoms with Crippen LogP contribution in [0.2, 0.25) is 0 Å². The van der Waals surface area contributed by atoms with Gasteiger partial charge in [-0.05, 0) is 56.3 Å². The molecule has 3 rings (SSSR count). The Morgan fingerprint density at radius 2 is 2.15 bits per heavy atom. The molecule has 0 saturated carbocycles. The van der Waals surface area contributed by atoms with Gasteiger partial charge in [-0.3, -0.25) is 4.79 Å². The Kier molecular flexibility index (Phi) is 4.53. The summed E-state index contributed by atoms with van der Waals surface area (Å²) in [5, 5.41) is 2.04. The molecule has 3 heterocycles. The van der Waals surface area contributed by atoms with Crippen LogP contribution in [0.1, 0.15) is 30.6 Å². The number of thiophene rings is 1. The SMILES string of the molecule is O=C(C=Cc1cccs1)N1CCC[C@H]1CN1CCCC1. The third-order valence-electron chi connectivity index (χ3n) is 4.26. The molecule has 1 aromatic heterocycles. The van der Waals surface area contributed by atoms with E-state index in [0.29, 0.717) is 6.04 Å². The van der Waals surface area contributed by atoms with Crippen molar-refractivity contribution < 1.29 is 4.79 Å². The third kappa shape index (κ3) is 3.30. The van der Waals surface area contributed by atoms with Gasteiger partial charge in [-0.15, -0.1) is 11.3 Å². The average molecular weight is 290 g/mol. The van der Waals surface area contributed by atoms with Crippen LogP contribution in [0, 0.1) is 0 Å². The molecule has 2 fully saturated rings. The van der Waals surface area contributed by atoms with Crippen LogP contribution in [0.3, 0.4) is 0 Å². The van der Waals surface area contributed by atoms with Gasteiger partial charge in [-0.1, -0.05) is 6.07 Å². The summed E-state index contributed by atoms with van der Waals surface area (Å²) in [6.45, 7) is 4.41. The van der Waals surface area contributed by atoms with Gasteiger partial charge in [0.15, 0.2) is 0 Å². The van der Waals surface area contributed by atoms with E-state index in [0.717, 1.165) is 30.8 Å². The molecule has 0 N–H and O–H groups in total. The number of carbonyl (C=O) groups excluding carboxylic acids is 1. The lowest BCUT2D eigenvalue weighted by molar-refractivity contribution is -0.127. The third-order valence-corrected chi connectivity index (χ3v) is 5.10. The van der Waals surface area contributed by atoms with E-state index in [2.05, 4.69) is 9.80 Å². The fourth-order valence-corrected chi connectivity index (χ4v) is 3.83. The van der Waals surface area contributed by atoms with Gasteiger partial charge in [0.25, 0.3) is 0 Å². The summed E-state index contributed by atoms with van der Waals surface area (Å²) >= 11 is 1.67. The zero-order valence-electron chi connectivity index (χ0n) is 11.8. The topological polar surface area (TPSA) is 23.6 Å². The Labute approximate surface area is 124 Å².